The van der Waals surface area contributed by atoms with Gasteiger partial charge in [0.15, 0.2) is 0 Å². The normalized spacial score (nSPS) is 12.0. The van der Waals surface area contributed by atoms with E-state index >= 15 is 0 Å². The van der Waals surface area contributed by atoms with E-state index in [4.69, 9.17) is 16.9 Å². The van der Waals surface area contributed by atoms with E-state index in [0.717, 1.165) is 11.1 Å². The first-order valence-corrected chi connectivity index (χ1v) is 7.07. The van der Waals surface area contributed by atoms with Crippen LogP contribution in [0.4, 0.5) is 4.39 Å². The summed E-state index contributed by atoms with van der Waals surface area (Å²) < 4.78 is 13.6. The first-order chi connectivity index (χ1) is 10.0. The number of nitrogens with one attached hydrogen (secondary N) is 1. The number of benzene rings is 2. The summed E-state index contributed by atoms with van der Waals surface area (Å²) in [5, 5.41) is 12.7. The molecular formula is C17H16ClFN2. The summed E-state index contributed by atoms with van der Waals surface area (Å²) in [5.74, 6) is -0.197. The summed E-state index contributed by atoms with van der Waals surface area (Å²) in [6, 6.07) is 12.5. The van der Waals surface area contributed by atoms with Gasteiger partial charge < -0.3 is 5.32 Å². The summed E-state index contributed by atoms with van der Waals surface area (Å²) in [4.78, 5) is 0. The lowest BCUT2D eigenvalue weighted by molar-refractivity contribution is 0.563. The van der Waals surface area contributed by atoms with Crippen LogP contribution in [0.1, 0.15) is 35.2 Å². The van der Waals surface area contributed by atoms with Gasteiger partial charge in [-0.2, -0.15) is 5.26 Å². The zero-order valence-electron chi connectivity index (χ0n) is 12.0. The minimum atomic E-state index is -0.197. The topological polar surface area (TPSA) is 35.8 Å². The number of hydrogen-bond acceptors (Lipinski definition) is 2. The zero-order valence-corrected chi connectivity index (χ0v) is 12.7. The molecule has 21 heavy (non-hydrogen) atoms. The first-order valence-electron chi connectivity index (χ1n) is 6.69. The molecule has 0 saturated heterocycles. The van der Waals surface area contributed by atoms with Gasteiger partial charge in [-0.15, -0.1) is 0 Å². The molecule has 1 unspecified atom stereocenters. The maximum Gasteiger partial charge on any atom is 0.126 e. The van der Waals surface area contributed by atoms with Gasteiger partial charge in [-0.05, 0) is 48.7 Å². The lowest BCUT2D eigenvalue weighted by Gasteiger charge is -2.15. The zero-order chi connectivity index (χ0) is 15.4. The van der Waals surface area contributed by atoms with Gasteiger partial charge in [0.1, 0.15) is 5.82 Å². The van der Waals surface area contributed by atoms with Crippen LogP contribution < -0.4 is 5.32 Å². The third-order valence-electron chi connectivity index (χ3n) is 3.48. The molecule has 108 valence electrons. The summed E-state index contributed by atoms with van der Waals surface area (Å²) >= 11 is 6.13. The molecule has 0 bridgehead atoms. The van der Waals surface area contributed by atoms with Crippen molar-refractivity contribution in [1.82, 2.24) is 5.32 Å². The Labute approximate surface area is 129 Å². The molecule has 2 rings (SSSR count). The van der Waals surface area contributed by atoms with E-state index in [-0.39, 0.29) is 11.9 Å². The predicted molar refractivity (Wildman–Crippen MR) is 82.6 cm³/mol. The number of nitrogens with zero attached hydrogens (tertiary/aromatic N) is 1. The fraction of sp³-hybridized carbons (Fsp3) is 0.235. The third-order valence-corrected chi connectivity index (χ3v) is 3.83. The highest BCUT2D eigenvalue weighted by atomic mass is 35.5. The highest BCUT2D eigenvalue weighted by molar-refractivity contribution is 6.31. The van der Waals surface area contributed by atoms with Crippen LogP contribution in [0, 0.1) is 24.1 Å². The largest absolute Gasteiger partial charge is 0.306 e. The predicted octanol–water partition coefficient (Wildman–Crippen LogP) is 4.51. The Balaban J connectivity index is 2.05. The van der Waals surface area contributed by atoms with Gasteiger partial charge in [-0.3, -0.25) is 0 Å². The van der Waals surface area contributed by atoms with Crippen molar-refractivity contribution in [2.75, 3.05) is 0 Å². The summed E-state index contributed by atoms with van der Waals surface area (Å²) in [5.41, 5.74) is 2.98. The second-order valence-corrected chi connectivity index (χ2v) is 5.44. The van der Waals surface area contributed by atoms with Crippen molar-refractivity contribution in [3.05, 3.63) is 69.5 Å². The van der Waals surface area contributed by atoms with Crippen molar-refractivity contribution in [1.29, 1.82) is 5.26 Å². The number of aryl methyl sites for hydroxylation is 1. The Bertz CT molecular complexity index is 692. The molecule has 0 amide bonds. The van der Waals surface area contributed by atoms with Crippen LogP contribution in [-0.2, 0) is 6.54 Å². The molecule has 4 heteroatoms. The monoisotopic (exact) mass is 302 g/mol. The lowest BCUT2D eigenvalue weighted by Crippen LogP contribution is -2.18. The van der Waals surface area contributed by atoms with Crippen LogP contribution in [0.5, 0.6) is 0 Å². The van der Waals surface area contributed by atoms with Crippen LogP contribution in [0.25, 0.3) is 0 Å². The number of rotatable bonds is 4. The number of hydrogen-bond donors (Lipinski definition) is 1. The van der Waals surface area contributed by atoms with E-state index in [1.807, 2.05) is 19.1 Å². The van der Waals surface area contributed by atoms with E-state index in [9.17, 15) is 4.39 Å². The molecule has 0 aliphatic carbocycles. The van der Waals surface area contributed by atoms with Crippen molar-refractivity contribution in [2.45, 2.75) is 26.4 Å². The van der Waals surface area contributed by atoms with Gasteiger partial charge in [0, 0.05) is 17.6 Å². The van der Waals surface area contributed by atoms with Crippen molar-refractivity contribution in [2.24, 2.45) is 0 Å². The van der Waals surface area contributed by atoms with E-state index < -0.39 is 0 Å². The van der Waals surface area contributed by atoms with E-state index in [1.54, 1.807) is 31.2 Å². The minimum Gasteiger partial charge on any atom is -0.306 e. The number of nitriles is 1. The SMILES string of the molecule is Cc1ccc(C(C)NCc2ccc(C#N)cc2Cl)cc1F. The Morgan fingerprint density at radius 3 is 2.67 bits per heavy atom. The maximum absolute atomic E-state index is 13.6. The average molecular weight is 303 g/mol. The van der Waals surface area contributed by atoms with Crippen LogP contribution in [-0.4, -0.2) is 0 Å². The molecule has 1 atom stereocenters. The average Bonchev–Trinajstić information content (AvgIpc) is 2.48. The third kappa shape index (κ3) is 3.81. The summed E-state index contributed by atoms with van der Waals surface area (Å²) in [7, 11) is 0. The van der Waals surface area contributed by atoms with E-state index in [1.165, 1.54) is 0 Å². The summed E-state index contributed by atoms with van der Waals surface area (Å²) in [6.45, 7) is 4.27. The van der Waals surface area contributed by atoms with Gasteiger partial charge in [0.25, 0.3) is 0 Å². The molecule has 2 aromatic rings. The van der Waals surface area contributed by atoms with Crippen LogP contribution >= 0.6 is 11.6 Å². The van der Waals surface area contributed by atoms with Crippen LogP contribution in [0.3, 0.4) is 0 Å². The molecular weight excluding hydrogens is 287 g/mol. The Kier molecular flexibility index (Phi) is 4.95. The fourth-order valence-corrected chi connectivity index (χ4v) is 2.27. The maximum atomic E-state index is 13.6. The fourth-order valence-electron chi connectivity index (χ4n) is 2.02. The number of halogens is 2. The molecule has 0 fully saturated rings. The molecule has 1 N–H and O–H groups in total. The highest BCUT2D eigenvalue weighted by Gasteiger charge is 2.09. The molecule has 0 heterocycles. The molecule has 2 nitrogen and oxygen atoms in total. The molecule has 2 aromatic carbocycles. The van der Waals surface area contributed by atoms with Gasteiger partial charge >= 0.3 is 0 Å². The lowest BCUT2D eigenvalue weighted by atomic mass is 10.1. The molecule has 0 saturated carbocycles. The van der Waals surface area contributed by atoms with E-state index in [0.29, 0.717) is 22.7 Å². The molecule has 0 aliphatic heterocycles. The second kappa shape index (κ2) is 6.71. The second-order valence-electron chi connectivity index (χ2n) is 5.03. The van der Waals surface area contributed by atoms with Gasteiger partial charge in [-0.25, -0.2) is 4.39 Å². The van der Waals surface area contributed by atoms with Crippen LogP contribution in [0.2, 0.25) is 5.02 Å². The standard InChI is InChI=1S/C17H16ClFN2/c1-11-3-5-14(8-17(11)19)12(2)21-10-15-6-4-13(9-20)7-16(15)18/h3-8,12,21H,10H2,1-2H3. The van der Waals surface area contributed by atoms with Crippen molar-refractivity contribution in [3.63, 3.8) is 0 Å². The van der Waals surface area contributed by atoms with Crippen molar-refractivity contribution < 1.29 is 4.39 Å². The van der Waals surface area contributed by atoms with Gasteiger partial charge in [0.05, 0.1) is 11.6 Å². The summed E-state index contributed by atoms with van der Waals surface area (Å²) in [6.07, 6.45) is 0. The Morgan fingerprint density at radius 1 is 1.29 bits per heavy atom. The van der Waals surface area contributed by atoms with Gasteiger partial charge in [-0.1, -0.05) is 29.8 Å². The van der Waals surface area contributed by atoms with Gasteiger partial charge in [0.2, 0.25) is 0 Å². The molecule has 0 spiro atoms. The van der Waals surface area contributed by atoms with Crippen LogP contribution in [0.15, 0.2) is 36.4 Å². The Morgan fingerprint density at radius 2 is 2.05 bits per heavy atom. The van der Waals surface area contributed by atoms with Crippen molar-refractivity contribution in [3.8, 4) is 6.07 Å². The minimum absolute atomic E-state index is 0.00631. The first kappa shape index (κ1) is 15.5. The van der Waals surface area contributed by atoms with Crippen molar-refractivity contribution >= 4 is 11.6 Å². The Hall–Kier alpha value is -1.89. The van der Waals surface area contributed by atoms with E-state index in [2.05, 4.69) is 11.4 Å². The molecule has 0 radical (unpaired) electrons. The molecule has 0 aliphatic rings. The molecule has 0 aromatic heterocycles. The highest BCUT2D eigenvalue weighted by Crippen LogP contribution is 2.20. The smallest absolute Gasteiger partial charge is 0.126 e. The quantitative estimate of drug-likeness (QED) is 0.902.